The molecule has 3 N–H and O–H groups in total. The molecule has 2 aromatic carbocycles. The van der Waals surface area contributed by atoms with Gasteiger partial charge in [0.1, 0.15) is 17.0 Å². The second-order valence-electron chi connectivity index (χ2n) is 5.06. The van der Waals surface area contributed by atoms with Gasteiger partial charge in [0.25, 0.3) is 5.91 Å². The molecule has 23 heavy (non-hydrogen) atoms. The molecule has 1 aromatic heterocycles. The Labute approximate surface area is 132 Å². The van der Waals surface area contributed by atoms with Crippen LogP contribution in [0.5, 0.6) is 0 Å². The lowest BCUT2D eigenvalue weighted by molar-refractivity contribution is 0.0951. The molecular formula is C17H15FN4O. The molecular weight excluding hydrogens is 295 g/mol. The summed E-state index contributed by atoms with van der Waals surface area (Å²) in [5, 5.41) is 3.12. The number of rotatable bonds is 4. The summed E-state index contributed by atoms with van der Waals surface area (Å²) < 4.78 is 13.8. The van der Waals surface area contributed by atoms with E-state index in [4.69, 9.17) is 5.73 Å². The number of anilines is 1. The molecule has 116 valence electrons. The highest BCUT2D eigenvalue weighted by atomic mass is 19.1. The lowest BCUT2D eigenvalue weighted by Crippen LogP contribution is -2.27. The van der Waals surface area contributed by atoms with Crippen molar-refractivity contribution in [1.82, 2.24) is 15.3 Å². The van der Waals surface area contributed by atoms with Gasteiger partial charge in [0.05, 0.1) is 0 Å². The molecule has 6 heteroatoms. The number of hydrogen-bond donors (Lipinski definition) is 2. The Balaban J connectivity index is 1.80. The van der Waals surface area contributed by atoms with Gasteiger partial charge in [-0.3, -0.25) is 4.79 Å². The molecule has 3 aromatic rings. The van der Waals surface area contributed by atoms with Gasteiger partial charge in [-0.15, -0.1) is 0 Å². The predicted octanol–water partition coefficient (Wildman–Crippen LogP) is 2.32. The molecule has 0 fully saturated rings. The zero-order chi connectivity index (χ0) is 16.2. The molecule has 0 aliphatic carbocycles. The maximum atomic E-state index is 13.8. The Hall–Kier alpha value is -3.02. The molecule has 3 rings (SSSR count). The number of nitrogens with one attached hydrogen (secondary N) is 1. The van der Waals surface area contributed by atoms with Crippen LogP contribution in [0.25, 0.3) is 10.9 Å². The van der Waals surface area contributed by atoms with Gasteiger partial charge in [0.15, 0.2) is 0 Å². The highest BCUT2D eigenvalue weighted by Crippen LogP contribution is 2.19. The van der Waals surface area contributed by atoms with Crippen molar-refractivity contribution < 1.29 is 9.18 Å². The number of carbonyl (C=O) groups excluding carboxylic acids is 1. The highest BCUT2D eigenvalue weighted by Gasteiger charge is 2.15. The van der Waals surface area contributed by atoms with Gasteiger partial charge in [-0.1, -0.05) is 42.5 Å². The second-order valence-corrected chi connectivity index (χ2v) is 5.06. The summed E-state index contributed by atoms with van der Waals surface area (Å²) >= 11 is 0. The van der Waals surface area contributed by atoms with Gasteiger partial charge in [-0.25, -0.2) is 14.4 Å². The van der Waals surface area contributed by atoms with E-state index in [1.165, 1.54) is 12.1 Å². The maximum Gasteiger partial charge on any atom is 0.270 e. The summed E-state index contributed by atoms with van der Waals surface area (Å²) in [6.07, 6.45) is 0.694. The summed E-state index contributed by atoms with van der Waals surface area (Å²) in [4.78, 5) is 20.1. The van der Waals surface area contributed by atoms with Crippen molar-refractivity contribution >= 4 is 22.8 Å². The van der Waals surface area contributed by atoms with E-state index in [1.54, 1.807) is 6.07 Å². The number of amides is 1. The minimum Gasteiger partial charge on any atom is -0.368 e. The Morgan fingerprint density at radius 3 is 2.65 bits per heavy atom. The minimum absolute atomic E-state index is 0.0493. The third kappa shape index (κ3) is 3.26. The maximum absolute atomic E-state index is 13.8. The van der Waals surface area contributed by atoms with Crippen LogP contribution in [0.15, 0.2) is 48.5 Å². The predicted molar refractivity (Wildman–Crippen MR) is 86.4 cm³/mol. The lowest BCUT2D eigenvalue weighted by atomic mass is 10.1. The van der Waals surface area contributed by atoms with Gasteiger partial charge >= 0.3 is 0 Å². The molecule has 0 saturated heterocycles. The second kappa shape index (κ2) is 6.39. The fraction of sp³-hybridized carbons (Fsp3) is 0.118. The first kappa shape index (κ1) is 14.9. The van der Waals surface area contributed by atoms with Crippen LogP contribution in [0, 0.1) is 5.82 Å². The summed E-state index contributed by atoms with van der Waals surface area (Å²) in [5.74, 6) is -1.06. The van der Waals surface area contributed by atoms with E-state index < -0.39 is 11.7 Å². The molecule has 0 radical (unpaired) electrons. The molecule has 0 atom stereocenters. The summed E-state index contributed by atoms with van der Waals surface area (Å²) in [7, 11) is 0. The van der Waals surface area contributed by atoms with Gasteiger partial charge in [-0.2, -0.15) is 0 Å². The minimum atomic E-state index is -0.532. The molecule has 0 aliphatic rings. The molecule has 5 nitrogen and oxygen atoms in total. The van der Waals surface area contributed by atoms with Crippen molar-refractivity contribution in [3.63, 3.8) is 0 Å². The number of nitrogens with two attached hydrogens (primary N) is 1. The lowest BCUT2D eigenvalue weighted by Gasteiger charge is -2.08. The number of hydrogen-bond acceptors (Lipinski definition) is 4. The quantitative estimate of drug-likeness (QED) is 0.775. The van der Waals surface area contributed by atoms with Gasteiger partial charge < -0.3 is 11.1 Å². The smallest absolute Gasteiger partial charge is 0.270 e. The van der Waals surface area contributed by atoms with Crippen LogP contribution in [-0.4, -0.2) is 22.4 Å². The number of nitrogens with zero attached hydrogens (tertiary/aromatic N) is 2. The van der Waals surface area contributed by atoms with E-state index in [-0.39, 0.29) is 17.2 Å². The van der Waals surface area contributed by atoms with Crippen molar-refractivity contribution in [3.05, 3.63) is 65.6 Å². The van der Waals surface area contributed by atoms with E-state index in [0.29, 0.717) is 18.4 Å². The summed E-state index contributed by atoms with van der Waals surface area (Å²) in [6.45, 7) is 0.448. The number of nitrogen functional groups attached to an aromatic ring is 1. The van der Waals surface area contributed by atoms with E-state index in [9.17, 15) is 9.18 Å². The Morgan fingerprint density at radius 2 is 1.87 bits per heavy atom. The van der Waals surface area contributed by atoms with E-state index in [0.717, 1.165) is 5.56 Å². The number of carbonyl (C=O) groups is 1. The molecule has 1 heterocycles. The fourth-order valence-electron chi connectivity index (χ4n) is 2.36. The van der Waals surface area contributed by atoms with Crippen molar-refractivity contribution in [2.45, 2.75) is 6.42 Å². The third-order valence-electron chi connectivity index (χ3n) is 3.45. The van der Waals surface area contributed by atoms with Crippen LogP contribution in [0.4, 0.5) is 10.3 Å². The van der Waals surface area contributed by atoms with Crippen LogP contribution in [0.3, 0.4) is 0 Å². The molecule has 0 aliphatic heterocycles. The number of aromatic nitrogens is 2. The first-order valence-corrected chi connectivity index (χ1v) is 7.19. The van der Waals surface area contributed by atoms with Crippen molar-refractivity contribution in [3.8, 4) is 0 Å². The summed E-state index contributed by atoms with van der Waals surface area (Å²) in [5.41, 5.74) is 6.83. The van der Waals surface area contributed by atoms with Crippen molar-refractivity contribution in [1.29, 1.82) is 0 Å². The number of fused-ring (bicyclic) bond motifs is 1. The molecule has 0 saturated carbocycles. The Kier molecular flexibility index (Phi) is 4.14. The van der Waals surface area contributed by atoms with E-state index in [1.807, 2.05) is 30.3 Å². The van der Waals surface area contributed by atoms with Crippen molar-refractivity contribution in [2.24, 2.45) is 0 Å². The Morgan fingerprint density at radius 1 is 1.09 bits per heavy atom. The number of benzene rings is 2. The standard InChI is InChI=1S/C17H15FN4O/c18-13-8-4-7-12-14(13)21-17(19)22-15(12)16(23)20-10-9-11-5-2-1-3-6-11/h1-8H,9-10H2,(H,20,23)(H2,19,21,22). The van der Waals surface area contributed by atoms with Gasteiger partial charge in [0, 0.05) is 11.9 Å². The fourth-order valence-corrected chi connectivity index (χ4v) is 2.36. The van der Waals surface area contributed by atoms with Crippen LogP contribution < -0.4 is 11.1 Å². The first-order valence-electron chi connectivity index (χ1n) is 7.19. The highest BCUT2D eigenvalue weighted by molar-refractivity contribution is 6.04. The number of para-hydroxylation sites is 1. The molecule has 0 bridgehead atoms. The average Bonchev–Trinajstić information content (AvgIpc) is 2.56. The molecule has 1 amide bonds. The largest absolute Gasteiger partial charge is 0.368 e. The zero-order valence-electron chi connectivity index (χ0n) is 12.3. The third-order valence-corrected chi connectivity index (χ3v) is 3.45. The Bertz CT molecular complexity index is 852. The van der Waals surface area contributed by atoms with Crippen LogP contribution in [-0.2, 0) is 6.42 Å². The van der Waals surface area contributed by atoms with Crippen LogP contribution in [0.1, 0.15) is 16.1 Å². The van der Waals surface area contributed by atoms with E-state index >= 15 is 0 Å². The topological polar surface area (TPSA) is 80.9 Å². The van der Waals surface area contributed by atoms with E-state index in [2.05, 4.69) is 15.3 Å². The van der Waals surface area contributed by atoms with Crippen LogP contribution >= 0.6 is 0 Å². The van der Waals surface area contributed by atoms with Crippen LogP contribution in [0.2, 0.25) is 0 Å². The summed E-state index contributed by atoms with van der Waals surface area (Å²) in [6, 6.07) is 14.2. The number of halogens is 1. The average molecular weight is 310 g/mol. The SMILES string of the molecule is Nc1nc(C(=O)NCCc2ccccc2)c2cccc(F)c2n1. The first-order chi connectivity index (χ1) is 11.1. The van der Waals surface area contributed by atoms with Gasteiger partial charge in [0.2, 0.25) is 5.95 Å². The zero-order valence-corrected chi connectivity index (χ0v) is 12.3. The molecule has 0 spiro atoms. The monoisotopic (exact) mass is 310 g/mol. The van der Waals surface area contributed by atoms with Gasteiger partial charge in [-0.05, 0) is 18.1 Å². The normalized spacial score (nSPS) is 10.7. The van der Waals surface area contributed by atoms with Crippen molar-refractivity contribution in [2.75, 3.05) is 12.3 Å². The molecule has 0 unspecified atom stereocenters.